The predicted octanol–water partition coefficient (Wildman–Crippen LogP) is 1.56. The summed E-state index contributed by atoms with van der Waals surface area (Å²) in [5.74, 6) is 0.000810. The third-order valence-electron chi connectivity index (χ3n) is 3.06. The van der Waals surface area contributed by atoms with Gasteiger partial charge in [-0.15, -0.1) is 0 Å². The van der Waals surface area contributed by atoms with E-state index in [4.69, 9.17) is 9.84 Å². The molecule has 1 aliphatic rings. The minimum absolute atomic E-state index is 0.000810. The van der Waals surface area contributed by atoms with Gasteiger partial charge in [0, 0.05) is 12.6 Å². The molecule has 0 saturated heterocycles. The van der Waals surface area contributed by atoms with E-state index in [2.05, 4.69) is 0 Å². The van der Waals surface area contributed by atoms with Gasteiger partial charge >= 0.3 is 0 Å². The minimum atomic E-state index is -0.295. The van der Waals surface area contributed by atoms with E-state index in [0.29, 0.717) is 12.6 Å². The van der Waals surface area contributed by atoms with Crippen molar-refractivity contribution in [3.05, 3.63) is 0 Å². The Hall–Kier alpha value is -0.610. The van der Waals surface area contributed by atoms with Crippen molar-refractivity contribution in [2.24, 2.45) is 0 Å². The Morgan fingerprint density at radius 1 is 1.35 bits per heavy atom. The highest BCUT2D eigenvalue weighted by Crippen LogP contribution is 2.23. The Balaban J connectivity index is 2.48. The molecule has 1 N–H and O–H groups in total. The van der Waals surface area contributed by atoms with Gasteiger partial charge in [0.1, 0.15) is 6.61 Å². The van der Waals surface area contributed by atoms with Crippen LogP contribution in [0.25, 0.3) is 0 Å². The second kappa shape index (κ2) is 6.36. The lowest BCUT2D eigenvalue weighted by Gasteiger charge is -2.29. The van der Waals surface area contributed by atoms with E-state index in [0.717, 1.165) is 12.8 Å². The van der Waals surface area contributed by atoms with Crippen LogP contribution in [0, 0.1) is 0 Å². The third kappa shape index (κ3) is 5.04. The first-order valence-corrected chi connectivity index (χ1v) is 6.48. The Morgan fingerprint density at radius 3 is 2.41 bits per heavy atom. The number of carbonyl (C=O) groups excluding carboxylic acids is 1. The SMILES string of the molecule is CC(C)(C)OCC(=O)N(CCO)C1CCCC1. The molecule has 0 heterocycles. The molecule has 4 heteroatoms. The van der Waals surface area contributed by atoms with Crippen molar-refractivity contribution in [3.8, 4) is 0 Å². The van der Waals surface area contributed by atoms with Gasteiger partial charge in [0.2, 0.25) is 5.91 Å². The molecule has 1 aliphatic carbocycles. The van der Waals surface area contributed by atoms with Crippen molar-refractivity contribution in [1.82, 2.24) is 4.90 Å². The average molecular weight is 243 g/mol. The topological polar surface area (TPSA) is 49.8 Å². The van der Waals surface area contributed by atoms with Gasteiger partial charge in [0.15, 0.2) is 0 Å². The lowest BCUT2D eigenvalue weighted by molar-refractivity contribution is -0.143. The summed E-state index contributed by atoms with van der Waals surface area (Å²) in [5.41, 5.74) is -0.295. The van der Waals surface area contributed by atoms with Crippen LogP contribution in [0.3, 0.4) is 0 Å². The lowest BCUT2D eigenvalue weighted by Crippen LogP contribution is -2.43. The molecular weight excluding hydrogens is 218 g/mol. The van der Waals surface area contributed by atoms with Crippen LogP contribution in [-0.4, -0.2) is 47.3 Å². The first-order chi connectivity index (χ1) is 7.94. The summed E-state index contributed by atoms with van der Waals surface area (Å²) in [6, 6.07) is 0.304. The zero-order valence-corrected chi connectivity index (χ0v) is 11.2. The van der Waals surface area contributed by atoms with E-state index in [1.807, 2.05) is 20.8 Å². The fourth-order valence-corrected chi connectivity index (χ4v) is 2.20. The summed E-state index contributed by atoms with van der Waals surface area (Å²) in [6.07, 6.45) is 4.47. The number of nitrogens with zero attached hydrogens (tertiary/aromatic N) is 1. The summed E-state index contributed by atoms with van der Waals surface area (Å²) in [4.78, 5) is 13.8. The summed E-state index contributed by atoms with van der Waals surface area (Å²) in [5, 5.41) is 9.04. The van der Waals surface area contributed by atoms with E-state index < -0.39 is 0 Å². The zero-order valence-electron chi connectivity index (χ0n) is 11.2. The van der Waals surface area contributed by atoms with Crippen LogP contribution in [0.5, 0.6) is 0 Å². The maximum absolute atomic E-state index is 12.1. The normalized spacial score (nSPS) is 17.4. The number of hydrogen-bond donors (Lipinski definition) is 1. The molecule has 0 aromatic carbocycles. The van der Waals surface area contributed by atoms with Crippen molar-refractivity contribution >= 4 is 5.91 Å². The molecule has 0 radical (unpaired) electrons. The van der Waals surface area contributed by atoms with Gasteiger partial charge in [-0.3, -0.25) is 4.79 Å². The maximum Gasteiger partial charge on any atom is 0.248 e. The van der Waals surface area contributed by atoms with Gasteiger partial charge in [0.05, 0.1) is 12.2 Å². The maximum atomic E-state index is 12.1. The van der Waals surface area contributed by atoms with Gasteiger partial charge in [-0.05, 0) is 33.6 Å². The number of aliphatic hydroxyl groups is 1. The van der Waals surface area contributed by atoms with Crippen molar-refractivity contribution in [3.63, 3.8) is 0 Å². The highest BCUT2D eigenvalue weighted by Gasteiger charge is 2.27. The predicted molar refractivity (Wildman–Crippen MR) is 66.8 cm³/mol. The number of amides is 1. The molecule has 1 amide bonds. The van der Waals surface area contributed by atoms with Gasteiger partial charge in [0.25, 0.3) is 0 Å². The Bertz CT molecular complexity index is 242. The fourth-order valence-electron chi connectivity index (χ4n) is 2.20. The van der Waals surface area contributed by atoms with Crippen molar-refractivity contribution < 1.29 is 14.6 Å². The molecule has 0 aromatic rings. The zero-order chi connectivity index (χ0) is 12.9. The van der Waals surface area contributed by atoms with E-state index in [-0.39, 0.29) is 24.7 Å². The lowest BCUT2D eigenvalue weighted by atomic mass is 10.2. The van der Waals surface area contributed by atoms with Crippen LogP contribution in [0.1, 0.15) is 46.5 Å². The minimum Gasteiger partial charge on any atom is -0.395 e. The van der Waals surface area contributed by atoms with Gasteiger partial charge in [-0.1, -0.05) is 12.8 Å². The quantitative estimate of drug-likeness (QED) is 0.797. The highest BCUT2D eigenvalue weighted by molar-refractivity contribution is 5.77. The molecule has 17 heavy (non-hydrogen) atoms. The van der Waals surface area contributed by atoms with Crippen LogP contribution >= 0.6 is 0 Å². The van der Waals surface area contributed by atoms with Gasteiger partial charge in [-0.25, -0.2) is 0 Å². The molecule has 1 fully saturated rings. The van der Waals surface area contributed by atoms with Crippen molar-refractivity contribution in [1.29, 1.82) is 0 Å². The summed E-state index contributed by atoms with van der Waals surface area (Å²) in [6.45, 7) is 6.37. The van der Waals surface area contributed by atoms with Crippen LogP contribution in [0.4, 0.5) is 0 Å². The number of ether oxygens (including phenoxy) is 1. The molecule has 0 aliphatic heterocycles. The number of carbonyl (C=O) groups is 1. The van der Waals surface area contributed by atoms with Gasteiger partial charge in [-0.2, -0.15) is 0 Å². The monoisotopic (exact) mass is 243 g/mol. The average Bonchev–Trinajstić information content (AvgIpc) is 2.74. The smallest absolute Gasteiger partial charge is 0.248 e. The number of hydrogen-bond acceptors (Lipinski definition) is 3. The Kier molecular flexibility index (Phi) is 5.40. The standard InChI is InChI=1S/C13H25NO3/c1-13(2,3)17-10-12(16)14(8-9-15)11-6-4-5-7-11/h11,15H,4-10H2,1-3H3. The Morgan fingerprint density at radius 2 is 1.94 bits per heavy atom. The molecule has 1 rings (SSSR count). The largest absolute Gasteiger partial charge is 0.395 e. The summed E-state index contributed by atoms with van der Waals surface area (Å²) >= 11 is 0. The van der Waals surface area contributed by atoms with Crippen molar-refractivity contribution in [2.45, 2.75) is 58.1 Å². The molecule has 0 bridgehead atoms. The molecule has 0 aromatic heterocycles. The third-order valence-corrected chi connectivity index (χ3v) is 3.06. The Labute approximate surface area is 104 Å². The first-order valence-electron chi connectivity index (χ1n) is 6.48. The molecule has 100 valence electrons. The van der Waals surface area contributed by atoms with Gasteiger partial charge < -0.3 is 14.7 Å². The molecule has 0 unspecified atom stereocenters. The highest BCUT2D eigenvalue weighted by atomic mass is 16.5. The molecule has 1 saturated carbocycles. The van der Waals surface area contributed by atoms with E-state index >= 15 is 0 Å². The van der Waals surface area contributed by atoms with E-state index in [9.17, 15) is 4.79 Å². The van der Waals surface area contributed by atoms with Crippen molar-refractivity contribution in [2.75, 3.05) is 19.8 Å². The second-order valence-corrected chi connectivity index (χ2v) is 5.65. The number of aliphatic hydroxyl groups excluding tert-OH is 1. The van der Waals surface area contributed by atoms with Crippen LogP contribution in [0.2, 0.25) is 0 Å². The van der Waals surface area contributed by atoms with Crippen LogP contribution < -0.4 is 0 Å². The second-order valence-electron chi connectivity index (χ2n) is 5.65. The van der Waals surface area contributed by atoms with Crippen LogP contribution in [-0.2, 0) is 9.53 Å². The van der Waals surface area contributed by atoms with Crippen LogP contribution in [0.15, 0.2) is 0 Å². The summed E-state index contributed by atoms with van der Waals surface area (Å²) in [7, 11) is 0. The first kappa shape index (κ1) is 14.5. The number of rotatable bonds is 5. The molecular formula is C13H25NO3. The molecule has 0 atom stereocenters. The van der Waals surface area contributed by atoms with E-state index in [1.165, 1.54) is 12.8 Å². The molecule has 0 spiro atoms. The summed E-state index contributed by atoms with van der Waals surface area (Å²) < 4.78 is 5.51. The van der Waals surface area contributed by atoms with E-state index in [1.54, 1.807) is 4.90 Å². The fraction of sp³-hybridized carbons (Fsp3) is 0.923. The molecule has 4 nitrogen and oxygen atoms in total.